The molecule has 0 unspecified atom stereocenters. The van der Waals surface area contributed by atoms with Crippen molar-refractivity contribution in [1.82, 2.24) is 0 Å². The molecule has 0 aromatic heterocycles. The summed E-state index contributed by atoms with van der Waals surface area (Å²) in [6.07, 6.45) is 0. The molecule has 4 heteroatoms. The first-order valence-electron chi connectivity index (χ1n) is 4.03. The van der Waals surface area contributed by atoms with Gasteiger partial charge in [-0.1, -0.05) is 11.6 Å². The maximum atomic E-state index is 11.4. The SMILES string of the molecule is COc1cc(C)cc(Cl)c1C(=O)CCl. The van der Waals surface area contributed by atoms with Gasteiger partial charge in [0.2, 0.25) is 0 Å². The van der Waals surface area contributed by atoms with Crippen molar-refractivity contribution in [3.8, 4) is 5.75 Å². The number of ether oxygens (including phenoxy) is 1. The molecule has 76 valence electrons. The van der Waals surface area contributed by atoms with Gasteiger partial charge >= 0.3 is 0 Å². The molecule has 0 aliphatic carbocycles. The predicted octanol–water partition coefficient (Wildman–Crippen LogP) is 3.08. The molecule has 0 heterocycles. The molecule has 0 radical (unpaired) electrons. The summed E-state index contributed by atoms with van der Waals surface area (Å²) in [5.41, 5.74) is 1.30. The Labute approximate surface area is 92.8 Å². The van der Waals surface area contributed by atoms with Gasteiger partial charge in [-0.15, -0.1) is 11.6 Å². The third-order valence-corrected chi connectivity index (χ3v) is 2.36. The van der Waals surface area contributed by atoms with Crippen molar-refractivity contribution >= 4 is 29.0 Å². The number of aryl methyl sites for hydroxylation is 1. The fourth-order valence-electron chi connectivity index (χ4n) is 1.21. The van der Waals surface area contributed by atoms with Crippen LogP contribution in [0.1, 0.15) is 15.9 Å². The Hall–Kier alpha value is -0.730. The second-order valence-electron chi connectivity index (χ2n) is 2.88. The van der Waals surface area contributed by atoms with Gasteiger partial charge in [-0.25, -0.2) is 0 Å². The Morgan fingerprint density at radius 1 is 1.50 bits per heavy atom. The van der Waals surface area contributed by atoms with Crippen LogP contribution < -0.4 is 4.74 Å². The summed E-state index contributed by atoms with van der Waals surface area (Å²) >= 11 is 11.4. The third-order valence-electron chi connectivity index (χ3n) is 1.82. The first-order chi connectivity index (χ1) is 6.60. The van der Waals surface area contributed by atoms with Gasteiger partial charge in [-0.05, 0) is 24.6 Å². The molecule has 1 aromatic carbocycles. The van der Waals surface area contributed by atoms with Gasteiger partial charge in [0.05, 0.1) is 23.6 Å². The Kier molecular flexibility index (Phi) is 3.78. The van der Waals surface area contributed by atoms with Crippen LogP contribution in [0.3, 0.4) is 0 Å². The number of benzene rings is 1. The zero-order valence-electron chi connectivity index (χ0n) is 7.93. The molecule has 0 aliphatic heterocycles. The minimum Gasteiger partial charge on any atom is -0.496 e. The molecule has 1 aromatic rings. The van der Waals surface area contributed by atoms with E-state index in [1.54, 1.807) is 12.1 Å². The van der Waals surface area contributed by atoms with Gasteiger partial charge in [0, 0.05) is 0 Å². The largest absolute Gasteiger partial charge is 0.496 e. The lowest BCUT2D eigenvalue weighted by Gasteiger charge is -2.09. The van der Waals surface area contributed by atoms with Crippen molar-refractivity contribution in [2.45, 2.75) is 6.92 Å². The van der Waals surface area contributed by atoms with Crippen LogP contribution in [-0.4, -0.2) is 18.8 Å². The molecular formula is C10H10Cl2O2. The van der Waals surface area contributed by atoms with Crippen LogP contribution in [-0.2, 0) is 0 Å². The van der Waals surface area contributed by atoms with Gasteiger partial charge in [-0.3, -0.25) is 4.79 Å². The van der Waals surface area contributed by atoms with Gasteiger partial charge < -0.3 is 4.74 Å². The highest BCUT2D eigenvalue weighted by atomic mass is 35.5. The van der Waals surface area contributed by atoms with Crippen LogP contribution in [0.5, 0.6) is 5.75 Å². The molecule has 14 heavy (non-hydrogen) atoms. The normalized spacial score (nSPS) is 10.0. The zero-order chi connectivity index (χ0) is 10.7. The van der Waals surface area contributed by atoms with Crippen molar-refractivity contribution in [3.63, 3.8) is 0 Å². The van der Waals surface area contributed by atoms with Crippen LogP contribution in [0.25, 0.3) is 0 Å². The molecule has 0 fully saturated rings. The molecule has 0 N–H and O–H groups in total. The number of carbonyl (C=O) groups excluding carboxylic acids is 1. The second kappa shape index (κ2) is 4.67. The number of carbonyl (C=O) groups is 1. The molecule has 0 saturated carbocycles. The van der Waals surface area contributed by atoms with Gasteiger partial charge in [0.15, 0.2) is 5.78 Å². The Morgan fingerprint density at radius 3 is 2.64 bits per heavy atom. The molecule has 0 bridgehead atoms. The molecule has 0 spiro atoms. The lowest BCUT2D eigenvalue weighted by molar-refractivity contribution is 0.101. The monoisotopic (exact) mass is 232 g/mol. The lowest BCUT2D eigenvalue weighted by Crippen LogP contribution is -2.04. The summed E-state index contributed by atoms with van der Waals surface area (Å²) in [5.74, 6) is 0.147. The van der Waals surface area contributed by atoms with E-state index in [4.69, 9.17) is 27.9 Å². The lowest BCUT2D eigenvalue weighted by atomic mass is 10.1. The predicted molar refractivity (Wildman–Crippen MR) is 57.8 cm³/mol. The molecule has 2 nitrogen and oxygen atoms in total. The van der Waals surface area contributed by atoms with E-state index in [1.807, 2.05) is 6.92 Å². The van der Waals surface area contributed by atoms with Crippen molar-refractivity contribution in [1.29, 1.82) is 0 Å². The highest BCUT2D eigenvalue weighted by Crippen LogP contribution is 2.28. The van der Waals surface area contributed by atoms with Crippen LogP contribution in [0.15, 0.2) is 12.1 Å². The summed E-state index contributed by atoms with van der Waals surface area (Å²) in [4.78, 5) is 11.4. The average molecular weight is 233 g/mol. The average Bonchev–Trinajstić information content (AvgIpc) is 2.15. The first-order valence-corrected chi connectivity index (χ1v) is 4.94. The number of rotatable bonds is 3. The number of halogens is 2. The Balaban J connectivity index is 3.32. The summed E-state index contributed by atoms with van der Waals surface area (Å²) in [6, 6.07) is 3.47. The van der Waals surface area contributed by atoms with Crippen LogP contribution >= 0.6 is 23.2 Å². The van der Waals surface area contributed by atoms with Crippen LogP contribution in [0.2, 0.25) is 5.02 Å². The Bertz CT molecular complexity index is 361. The highest BCUT2D eigenvalue weighted by molar-refractivity contribution is 6.37. The minimum absolute atomic E-state index is 0.0981. The van der Waals surface area contributed by atoms with Gasteiger partial charge in [0.1, 0.15) is 5.75 Å². The molecule has 1 rings (SSSR count). The van der Waals surface area contributed by atoms with E-state index in [2.05, 4.69) is 0 Å². The van der Waals surface area contributed by atoms with Crippen molar-refractivity contribution in [2.24, 2.45) is 0 Å². The number of ketones is 1. The van der Waals surface area contributed by atoms with E-state index in [0.29, 0.717) is 16.3 Å². The van der Waals surface area contributed by atoms with E-state index < -0.39 is 0 Å². The minimum atomic E-state index is -0.228. The molecular weight excluding hydrogens is 223 g/mol. The summed E-state index contributed by atoms with van der Waals surface area (Å²) in [5, 5.41) is 0.382. The highest BCUT2D eigenvalue weighted by Gasteiger charge is 2.15. The topological polar surface area (TPSA) is 26.3 Å². The number of methoxy groups -OCH3 is 1. The molecule has 0 aliphatic rings. The van der Waals surface area contributed by atoms with E-state index in [1.165, 1.54) is 7.11 Å². The number of alkyl halides is 1. The number of hydrogen-bond acceptors (Lipinski definition) is 2. The fraction of sp³-hybridized carbons (Fsp3) is 0.300. The van der Waals surface area contributed by atoms with E-state index >= 15 is 0 Å². The Morgan fingerprint density at radius 2 is 2.14 bits per heavy atom. The summed E-state index contributed by atoms with van der Waals surface area (Å²) in [6.45, 7) is 1.88. The maximum absolute atomic E-state index is 11.4. The fourth-order valence-corrected chi connectivity index (χ4v) is 1.71. The standard InChI is InChI=1S/C10H10Cl2O2/c1-6-3-7(12)10(8(13)5-11)9(4-6)14-2/h3-4H,5H2,1-2H3. The second-order valence-corrected chi connectivity index (χ2v) is 3.56. The summed E-state index contributed by atoms with van der Waals surface area (Å²) in [7, 11) is 1.50. The quantitative estimate of drug-likeness (QED) is 0.592. The van der Waals surface area contributed by atoms with Crippen LogP contribution in [0.4, 0.5) is 0 Å². The number of hydrogen-bond donors (Lipinski definition) is 0. The van der Waals surface area contributed by atoms with Gasteiger partial charge in [-0.2, -0.15) is 0 Å². The van der Waals surface area contributed by atoms with Gasteiger partial charge in [0.25, 0.3) is 0 Å². The van der Waals surface area contributed by atoms with E-state index in [0.717, 1.165) is 5.56 Å². The zero-order valence-corrected chi connectivity index (χ0v) is 9.45. The molecule has 0 amide bonds. The molecule has 0 atom stereocenters. The van der Waals surface area contributed by atoms with Crippen LogP contribution in [0, 0.1) is 6.92 Å². The third kappa shape index (κ3) is 2.20. The smallest absolute Gasteiger partial charge is 0.182 e. The van der Waals surface area contributed by atoms with Crippen molar-refractivity contribution in [3.05, 3.63) is 28.3 Å². The van der Waals surface area contributed by atoms with E-state index in [-0.39, 0.29) is 11.7 Å². The van der Waals surface area contributed by atoms with Crippen molar-refractivity contribution < 1.29 is 9.53 Å². The summed E-state index contributed by atoms with van der Waals surface area (Å²) < 4.78 is 5.07. The molecule has 0 saturated heterocycles. The first kappa shape index (κ1) is 11.3. The number of Topliss-reactive ketones (excluding diaryl/α,β-unsaturated/α-hetero) is 1. The van der Waals surface area contributed by atoms with E-state index in [9.17, 15) is 4.79 Å². The van der Waals surface area contributed by atoms with Crippen molar-refractivity contribution in [2.75, 3.05) is 13.0 Å². The maximum Gasteiger partial charge on any atom is 0.182 e.